The molecule has 0 atom stereocenters. The van der Waals surface area contributed by atoms with Gasteiger partial charge in [-0.15, -0.1) is 0 Å². The number of ketones is 1. The lowest BCUT2D eigenvalue weighted by atomic mass is 10.1. The number of hydrogen-bond acceptors (Lipinski definition) is 5. The molecule has 0 fully saturated rings. The van der Waals surface area contributed by atoms with Gasteiger partial charge in [0, 0.05) is 5.56 Å². The summed E-state index contributed by atoms with van der Waals surface area (Å²) < 4.78 is 28.8. The van der Waals surface area contributed by atoms with Gasteiger partial charge in [-0.2, -0.15) is 0 Å². The number of halogens is 1. The van der Waals surface area contributed by atoms with Crippen molar-refractivity contribution in [1.29, 1.82) is 0 Å². The van der Waals surface area contributed by atoms with Gasteiger partial charge in [0.1, 0.15) is 0 Å². The van der Waals surface area contributed by atoms with Gasteiger partial charge >= 0.3 is 5.97 Å². The van der Waals surface area contributed by atoms with Crippen LogP contribution in [0.4, 0.5) is 4.39 Å². The zero-order valence-corrected chi connectivity index (χ0v) is 13.6. The molecule has 2 rings (SSSR count). The van der Waals surface area contributed by atoms with Crippen LogP contribution in [0.5, 0.6) is 17.2 Å². The molecule has 0 amide bonds. The Hall–Kier alpha value is -2.89. The quantitative estimate of drug-likeness (QED) is 0.462. The van der Waals surface area contributed by atoms with E-state index in [-0.39, 0.29) is 29.5 Å². The molecule has 2 aromatic carbocycles. The van der Waals surface area contributed by atoms with Gasteiger partial charge < -0.3 is 14.2 Å². The Labute approximate surface area is 139 Å². The number of carbonyl (C=O) groups is 2. The Morgan fingerprint density at radius 3 is 2.21 bits per heavy atom. The summed E-state index contributed by atoms with van der Waals surface area (Å²) >= 11 is 0. The third-order valence-electron chi connectivity index (χ3n) is 3.36. The second-order valence-electron chi connectivity index (χ2n) is 5.04. The predicted octanol–water partition coefficient (Wildman–Crippen LogP) is 3.19. The summed E-state index contributed by atoms with van der Waals surface area (Å²) in [4.78, 5) is 23.4. The van der Waals surface area contributed by atoms with Gasteiger partial charge in [0.25, 0.3) is 0 Å². The second-order valence-corrected chi connectivity index (χ2v) is 5.04. The van der Waals surface area contributed by atoms with Crippen LogP contribution in [-0.2, 0) is 11.2 Å². The van der Waals surface area contributed by atoms with Gasteiger partial charge in [-0.1, -0.05) is 6.07 Å². The van der Waals surface area contributed by atoms with Gasteiger partial charge in [-0.25, -0.2) is 4.39 Å². The molecule has 0 aliphatic rings. The monoisotopic (exact) mass is 332 g/mol. The zero-order valence-electron chi connectivity index (χ0n) is 13.6. The normalized spacial score (nSPS) is 10.2. The van der Waals surface area contributed by atoms with Gasteiger partial charge in [0.2, 0.25) is 0 Å². The van der Waals surface area contributed by atoms with Gasteiger partial charge in [0.15, 0.2) is 28.8 Å². The average Bonchev–Trinajstić information content (AvgIpc) is 2.55. The summed E-state index contributed by atoms with van der Waals surface area (Å²) in [7, 11) is 2.78. The Morgan fingerprint density at radius 1 is 0.958 bits per heavy atom. The summed E-state index contributed by atoms with van der Waals surface area (Å²) in [6, 6.07) is 8.77. The molecule has 5 nitrogen and oxygen atoms in total. The Bertz CT molecular complexity index is 770. The van der Waals surface area contributed by atoms with Crippen LogP contribution in [-0.4, -0.2) is 26.0 Å². The van der Waals surface area contributed by atoms with Crippen LogP contribution in [0.25, 0.3) is 0 Å². The first-order valence-electron chi connectivity index (χ1n) is 7.16. The molecule has 0 saturated heterocycles. The fourth-order valence-electron chi connectivity index (χ4n) is 2.12. The maximum Gasteiger partial charge on any atom is 0.315 e. The molecule has 0 spiro atoms. The highest BCUT2D eigenvalue weighted by Crippen LogP contribution is 2.28. The summed E-state index contributed by atoms with van der Waals surface area (Å²) in [5, 5.41) is 0. The molecule has 126 valence electrons. The van der Waals surface area contributed by atoms with E-state index in [1.165, 1.54) is 45.4 Å². The minimum atomic E-state index is -0.576. The lowest BCUT2D eigenvalue weighted by Crippen LogP contribution is -2.12. The van der Waals surface area contributed by atoms with Crippen molar-refractivity contribution in [2.24, 2.45) is 0 Å². The van der Waals surface area contributed by atoms with Crippen LogP contribution < -0.4 is 14.2 Å². The van der Waals surface area contributed by atoms with Crippen molar-refractivity contribution < 1.29 is 28.2 Å². The molecular formula is C18H17FO5. The fraction of sp³-hybridized carbons (Fsp3) is 0.222. The predicted molar refractivity (Wildman–Crippen MR) is 85.3 cm³/mol. The first-order valence-corrected chi connectivity index (χ1v) is 7.16. The van der Waals surface area contributed by atoms with E-state index in [2.05, 4.69) is 0 Å². The summed E-state index contributed by atoms with van der Waals surface area (Å²) in [6.45, 7) is 1.43. The van der Waals surface area contributed by atoms with Gasteiger partial charge in [-0.05, 0) is 42.8 Å². The highest BCUT2D eigenvalue weighted by atomic mass is 19.1. The Balaban J connectivity index is 2.12. The number of ether oxygens (including phenoxy) is 3. The molecule has 24 heavy (non-hydrogen) atoms. The maximum atomic E-state index is 13.6. The van der Waals surface area contributed by atoms with E-state index >= 15 is 0 Å². The molecule has 0 aliphatic carbocycles. The minimum Gasteiger partial charge on any atom is -0.494 e. The summed E-state index contributed by atoms with van der Waals surface area (Å²) in [6.07, 6.45) is -0.113. The van der Waals surface area contributed by atoms with E-state index in [1.54, 1.807) is 12.1 Å². The lowest BCUT2D eigenvalue weighted by Gasteiger charge is -2.10. The van der Waals surface area contributed by atoms with Crippen molar-refractivity contribution in [2.45, 2.75) is 13.3 Å². The van der Waals surface area contributed by atoms with Crippen LogP contribution in [0.15, 0.2) is 36.4 Å². The van der Waals surface area contributed by atoms with Crippen LogP contribution in [0.1, 0.15) is 22.8 Å². The Morgan fingerprint density at radius 2 is 1.62 bits per heavy atom. The summed E-state index contributed by atoms with van der Waals surface area (Å²) in [5.41, 5.74) is 0.904. The molecule has 2 aromatic rings. The van der Waals surface area contributed by atoms with Crippen molar-refractivity contribution in [3.8, 4) is 17.2 Å². The second kappa shape index (κ2) is 7.59. The maximum absolute atomic E-state index is 13.6. The smallest absolute Gasteiger partial charge is 0.315 e. The van der Waals surface area contributed by atoms with Gasteiger partial charge in [-0.3, -0.25) is 9.59 Å². The molecule has 0 aliphatic heterocycles. The third kappa shape index (κ3) is 4.10. The topological polar surface area (TPSA) is 61.8 Å². The van der Waals surface area contributed by atoms with E-state index in [0.29, 0.717) is 11.1 Å². The zero-order chi connectivity index (χ0) is 17.7. The molecule has 0 unspecified atom stereocenters. The molecule has 0 aromatic heterocycles. The van der Waals surface area contributed by atoms with E-state index in [1.807, 2.05) is 0 Å². The Kier molecular flexibility index (Phi) is 5.52. The highest BCUT2D eigenvalue weighted by Gasteiger charge is 2.14. The molecule has 0 bridgehead atoms. The van der Waals surface area contributed by atoms with Crippen molar-refractivity contribution >= 4 is 11.8 Å². The van der Waals surface area contributed by atoms with E-state index < -0.39 is 11.8 Å². The minimum absolute atomic E-state index is 0.105. The van der Waals surface area contributed by atoms with Crippen LogP contribution in [0.3, 0.4) is 0 Å². The van der Waals surface area contributed by atoms with Crippen LogP contribution >= 0.6 is 0 Å². The average molecular weight is 332 g/mol. The van der Waals surface area contributed by atoms with Crippen molar-refractivity contribution in [3.05, 3.63) is 53.3 Å². The molecule has 6 heteroatoms. The number of methoxy groups -OCH3 is 2. The highest BCUT2D eigenvalue weighted by molar-refractivity contribution is 5.94. The molecular weight excluding hydrogens is 315 g/mol. The van der Waals surface area contributed by atoms with Gasteiger partial charge in [0.05, 0.1) is 20.6 Å². The van der Waals surface area contributed by atoms with Crippen molar-refractivity contribution in [2.75, 3.05) is 14.2 Å². The fourth-order valence-corrected chi connectivity index (χ4v) is 2.12. The van der Waals surface area contributed by atoms with Crippen molar-refractivity contribution in [1.82, 2.24) is 0 Å². The lowest BCUT2D eigenvalue weighted by molar-refractivity contribution is -0.133. The number of carbonyl (C=O) groups excluding carboxylic acids is 2. The number of esters is 1. The third-order valence-corrected chi connectivity index (χ3v) is 3.36. The number of rotatable bonds is 6. The molecule has 0 radical (unpaired) electrons. The van der Waals surface area contributed by atoms with E-state index in [4.69, 9.17) is 14.2 Å². The molecule has 0 N–H and O–H groups in total. The van der Waals surface area contributed by atoms with Crippen molar-refractivity contribution in [3.63, 3.8) is 0 Å². The first-order chi connectivity index (χ1) is 11.4. The molecule has 0 saturated carbocycles. The molecule has 0 heterocycles. The standard InChI is InChI=1S/C18H17FO5/c1-11(20)13-5-7-16(17(10-13)23-3)24-18(21)9-12-4-6-15(22-2)14(19)8-12/h4-8,10H,9H2,1-3H3. The summed E-state index contributed by atoms with van der Waals surface area (Å²) in [5.74, 6) is -0.674. The number of benzene rings is 2. The largest absolute Gasteiger partial charge is 0.494 e. The SMILES string of the molecule is COc1ccc(CC(=O)Oc2ccc(C(C)=O)cc2OC)cc1F. The number of hydrogen-bond donors (Lipinski definition) is 0. The van der Waals surface area contributed by atoms with E-state index in [9.17, 15) is 14.0 Å². The van der Waals surface area contributed by atoms with Crippen LogP contribution in [0.2, 0.25) is 0 Å². The number of Topliss-reactive ketones (excluding diaryl/α,β-unsaturated/α-hetero) is 1. The van der Waals surface area contributed by atoms with Crippen LogP contribution in [0, 0.1) is 5.82 Å². The van der Waals surface area contributed by atoms with E-state index in [0.717, 1.165) is 0 Å². The first kappa shape index (κ1) is 17.5.